The number of nitrogens with zero attached hydrogens (tertiary/aromatic N) is 1. The van der Waals surface area contributed by atoms with Crippen LogP contribution in [-0.4, -0.2) is 37.8 Å². The Morgan fingerprint density at radius 2 is 2.04 bits per heavy atom. The van der Waals surface area contributed by atoms with Gasteiger partial charge in [-0.25, -0.2) is 17.1 Å². The average molecular weight is 391 g/mol. The molecule has 0 bridgehead atoms. The number of amides is 1. The van der Waals surface area contributed by atoms with E-state index < -0.39 is 21.6 Å². The van der Waals surface area contributed by atoms with Gasteiger partial charge in [-0.15, -0.1) is 0 Å². The minimum Gasteiger partial charge on any atom is -0.353 e. The minimum atomic E-state index is -3.68. The lowest BCUT2D eigenvalue weighted by Crippen LogP contribution is -2.45. The highest BCUT2D eigenvalue weighted by Crippen LogP contribution is 2.26. The van der Waals surface area contributed by atoms with E-state index in [0.29, 0.717) is 12.8 Å². The summed E-state index contributed by atoms with van der Waals surface area (Å²) in [5, 5.41) is 3.04. The number of sulfonamides is 1. The van der Waals surface area contributed by atoms with Gasteiger partial charge in [-0.3, -0.25) is 4.79 Å². The molecule has 2 rings (SSSR count). The van der Waals surface area contributed by atoms with E-state index in [0.717, 1.165) is 6.42 Å². The van der Waals surface area contributed by atoms with E-state index in [-0.39, 0.29) is 41.5 Å². The summed E-state index contributed by atoms with van der Waals surface area (Å²) < 4.78 is 40.3. The molecule has 1 amide bonds. The molecule has 140 valence electrons. The van der Waals surface area contributed by atoms with Crippen LogP contribution in [0, 0.1) is 11.7 Å². The Morgan fingerprint density at radius 1 is 1.40 bits per heavy atom. The van der Waals surface area contributed by atoms with E-state index in [1.165, 1.54) is 22.5 Å². The molecule has 1 atom stereocenters. The molecule has 1 aromatic rings. The van der Waals surface area contributed by atoms with E-state index in [4.69, 9.17) is 11.6 Å². The number of carbonyl (C=O) groups is 1. The SMILES string of the molecule is CC[C@@H](C)NC(=O)C1CCN(S(=O)(=O)Cc2c(F)cccc2Cl)CC1. The molecule has 0 aromatic heterocycles. The highest BCUT2D eigenvalue weighted by Gasteiger charge is 2.32. The first-order valence-corrected chi connectivity index (χ1v) is 10.4. The Labute approximate surface area is 153 Å². The van der Waals surface area contributed by atoms with Gasteiger partial charge in [0.05, 0.1) is 5.75 Å². The number of rotatable bonds is 6. The molecule has 0 radical (unpaired) electrons. The van der Waals surface area contributed by atoms with Crippen LogP contribution in [-0.2, 0) is 20.6 Å². The van der Waals surface area contributed by atoms with Crippen molar-refractivity contribution in [3.63, 3.8) is 0 Å². The van der Waals surface area contributed by atoms with Crippen LogP contribution in [0.25, 0.3) is 0 Å². The van der Waals surface area contributed by atoms with Crippen LogP contribution in [0.5, 0.6) is 0 Å². The molecule has 5 nitrogen and oxygen atoms in total. The van der Waals surface area contributed by atoms with Gasteiger partial charge in [0.2, 0.25) is 15.9 Å². The highest BCUT2D eigenvalue weighted by atomic mass is 35.5. The minimum absolute atomic E-state index is 0.0131. The molecule has 0 saturated carbocycles. The summed E-state index contributed by atoms with van der Waals surface area (Å²) in [6.45, 7) is 4.45. The predicted molar refractivity (Wildman–Crippen MR) is 96.2 cm³/mol. The topological polar surface area (TPSA) is 66.5 Å². The molecular formula is C17H24ClFN2O3S. The third-order valence-corrected chi connectivity index (χ3v) is 6.77. The maximum atomic E-state index is 13.9. The van der Waals surface area contributed by atoms with E-state index in [2.05, 4.69) is 5.32 Å². The largest absolute Gasteiger partial charge is 0.353 e. The van der Waals surface area contributed by atoms with Gasteiger partial charge in [0.25, 0.3) is 0 Å². The fraction of sp³-hybridized carbons (Fsp3) is 0.588. The quantitative estimate of drug-likeness (QED) is 0.812. The highest BCUT2D eigenvalue weighted by molar-refractivity contribution is 7.88. The summed E-state index contributed by atoms with van der Waals surface area (Å²) in [6, 6.07) is 4.22. The Bertz CT molecular complexity index is 698. The van der Waals surface area contributed by atoms with Gasteiger partial charge >= 0.3 is 0 Å². The number of hydrogen-bond donors (Lipinski definition) is 1. The maximum absolute atomic E-state index is 13.9. The van der Waals surface area contributed by atoms with Crippen molar-refractivity contribution in [2.45, 2.75) is 44.9 Å². The van der Waals surface area contributed by atoms with E-state index in [9.17, 15) is 17.6 Å². The van der Waals surface area contributed by atoms with Crippen molar-refractivity contribution < 1.29 is 17.6 Å². The van der Waals surface area contributed by atoms with Gasteiger partial charge < -0.3 is 5.32 Å². The zero-order chi connectivity index (χ0) is 18.6. The lowest BCUT2D eigenvalue weighted by Gasteiger charge is -2.31. The normalized spacial score (nSPS) is 18.1. The molecule has 0 spiro atoms. The van der Waals surface area contributed by atoms with Gasteiger partial charge in [0, 0.05) is 35.6 Å². The van der Waals surface area contributed by atoms with Crippen LogP contribution in [0.4, 0.5) is 4.39 Å². The van der Waals surface area contributed by atoms with Gasteiger partial charge in [-0.1, -0.05) is 24.6 Å². The molecule has 1 saturated heterocycles. The van der Waals surface area contributed by atoms with Crippen molar-refractivity contribution in [3.05, 3.63) is 34.6 Å². The first-order valence-electron chi connectivity index (χ1n) is 8.45. The van der Waals surface area contributed by atoms with Crippen LogP contribution in [0.3, 0.4) is 0 Å². The van der Waals surface area contributed by atoms with Crippen molar-refractivity contribution in [3.8, 4) is 0 Å². The Morgan fingerprint density at radius 3 is 2.60 bits per heavy atom. The molecule has 0 aliphatic carbocycles. The molecular weight excluding hydrogens is 367 g/mol. The van der Waals surface area contributed by atoms with Crippen LogP contribution in [0.15, 0.2) is 18.2 Å². The first-order chi connectivity index (χ1) is 11.7. The number of hydrogen-bond acceptors (Lipinski definition) is 3. The van der Waals surface area contributed by atoms with E-state index >= 15 is 0 Å². The Hall–Kier alpha value is -1.18. The zero-order valence-corrected chi connectivity index (χ0v) is 16.0. The van der Waals surface area contributed by atoms with Gasteiger partial charge in [0.1, 0.15) is 5.82 Å². The summed E-state index contributed by atoms with van der Waals surface area (Å²) in [5.41, 5.74) is -0.0131. The molecule has 1 aromatic carbocycles. The monoisotopic (exact) mass is 390 g/mol. The smallest absolute Gasteiger partial charge is 0.223 e. The van der Waals surface area contributed by atoms with Crippen LogP contribution < -0.4 is 5.32 Å². The molecule has 1 N–H and O–H groups in total. The fourth-order valence-electron chi connectivity index (χ4n) is 2.80. The summed E-state index contributed by atoms with van der Waals surface area (Å²) in [5.74, 6) is -1.30. The van der Waals surface area contributed by atoms with Crippen molar-refractivity contribution in [2.24, 2.45) is 5.92 Å². The van der Waals surface area contributed by atoms with Crippen LogP contribution >= 0.6 is 11.6 Å². The zero-order valence-electron chi connectivity index (χ0n) is 14.5. The van der Waals surface area contributed by atoms with Crippen molar-refractivity contribution in [1.82, 2.24) is 9.62 Å². The lowest BCUT2D eigenvalue weighted by molar-refractivity contribution is -0.126. The molecule has 1 fully saturated rings. The van der Waals surface area contributed by atoms with Gasteiger partial charge in [0.15, 0.2) is 0 Å². The van der Waals surface area contributed by atoms with Crippen molar-refractivity contribution in [2.75, 3.05) is 13.1 Å². The lowest BCUT2D eigenvalue weighted by atomic mass is 9.97. The second-order valence-electron chi connectivity index (χ2n) is 6.45. The fourth-order valence-corrected chi connectivity index (χ4v) is 4.72. The Balaban J connectivity index is 1.98. The number of benzene rings is 1. The summed E-state index contributed by atoms with van der Waals surface area (Å²) in [7, 11) is -3.68. The molecule has 0 unspecified atom stereocenters. The second-order valence-corrected chi connectivity index (χ2v) is 8.82. The molecule has 1 aliphatic rings. The van der Waals surface area contributed by atoms with Gasteiger partial charge in [-0.2, -0.15) is 0 Å². The molecule has 25 heavy (non-hydrogen) atoms. The summed E-state index contributed by atoms with van der Waals surface area (Å²) >= 11 is 5.93. The second kappa shape index (κ2) is 8.47. The summed E-state index contributed by atoms with van der Waals surface area (Å²) in [6.07, 6.45) is 1.78. The molecule has 1 aliphatic heterocycles. The van der Waals surface area contributed by atoms with Crippen LogP contribution in [0.2, 0.25) is 5.02 Å². The maximum Gasteiger partial charge on any atom is 0.223 e. The van der Waals surface area contributed by atoms with Gasteiger partial charge in [-0.05, 0) is 38.3 Å². The van der Waals surface area contributed by atoms with Crippen molar-refractivity contribution >= 4 is 27.5 Å². The van der Waals surface area contributed by atoms with Crippen molar-refractivity contribution in [1.29, 1.82) is 0 Å². The van der Waals surface area contributed by atoms with Crippen LogP contribution in [0.1, 0.15) is 38.7 Å². The number of carbonyl (C=O) groups excluding carboxylic acids is 1. The standard InChI is InChI=1S/C17H24ClFN2O3S/c1-3-12(2)20-17(22)13-7-9-21(10-8-13)25(23,24)11-14-15(18)5-4-6-16(14)19/h4-6,12-13H,3,7-11H2,1-2H3,(H,20,22)/t12-/m1/s1. The average Bonchev–Trinajstić information content (AvgIpc) is 2.58. The number of halogens is 2. The number of nitrogens with one attached hydrogen (secondary N) is 1. The third-order valence-electron chi connectivity index (χ3n) is 4.61. The molecule has 1 heterocycles. The van der Waals surface area contributed by atoms with E-state index in [1.54, 1.807) is 0 Å². The van der Waals surface area contributed by atoms with E-state index in [1.807, 2.05) is 13.8 Å². The predicted octanol–water partition coefficient (Wildman–Crippen LogP) is 2.94. The first kappa shape index (κ1) is 20.1. The third kappa shape index (κ3) is 5.15. The number of piperidine rings is 1. The Kier molecular flexibility index (Phi) is 6.82. The molecule has 8 heteroatoms. The summed E-state index contributed by atoms with van der Waals surface area (Å²) in [4.78, 5) is 12.2.